The number of ether oxygens (including phenoxy) is 1. The number of carbonyl (C=O) groups excluding carboxylic acids is 4. The van der Waals surface area contributed by atoms with Crippen molar-refractivity contribution in [2.45, 2.75) is 152 Å². The number of carboxylic acid groups (broad SMARTS) is 1. The highest BCUT2D eigenvalue weighted by molar-refractivity contribution is 6.01. The maximum atomic E-state index is 14.4. The van der Waals surface area contributed by atoms with Crippen molar-refractivity contribution in [3.8, 4) is 0 Å². The molecule has 1 aromatic rings. The van der Waals surface area contributed by atoms with E-state index in [-0.39, 0.29) is 76.6 Å². The summed E-state index contributed by atoms with van der Waals surface area (Å²) in [5.74, 6) is -0.537. The first-order valence-corrected chi connectivity index (χ1v) is 23.0. The van der Waals surface area contributed by atoms with Crippen LogP contribution in [-0.2, 0) is 23.9 Å². The fraction of sp³-hybridized carbons (Fsp3) is 0.740. The van der Waals surface area contributed by atoms with Crippen molar-refractivity contribution >= 4 is 29.5 Å². The zero-order valence-electron chi connectivity index (χ0n) is 37.9. The van der Waals surface area contributed by atoms with Gasteiger partial charge in [-0.2, -0.15) is 0 Å². The summed E-state index contributed by atoms with van der Waals surface area (Å²) < 4.78 is 6.19. The van der Waals surface area contributed by atoms with Crippen molar-refractivity contribution in [3.63, 3.8) is 0 Å². The van der Waals surface area contributed by atoms with Crippen LogP contribution in [0.15, 0.2) is 41.5 Å². The number of rotatable bonds is 12. The van der Waals surface area contributed by atoms with Crippen molar-refractivity contribution in [1.82, 2.24) is 9.80 Å². The molecule has 5 aliphatic carbocycles. The van der Waals surface area contributed by atoms with Gasteiger partial charge in [0, 0.05) is 55.4 Å². The second-order valence-electron chi connectivity index (χ2n) is 22.2. The smallest absolute Gasteiger partial charge is 0.309 e. The van der Waals surface area contributed by atoms with Gasteiger partial charge in [-0.1, -0.05) is 72.2 Å². The summed E-state index contributed by atoms with van der Waals surface area (Å²) in [5.41, 5.74) is 0.183. The lowest BCUT2D eigenvalue weighted by molar-refractivity contribution is -0.235. The van der Waals surface area contributed by atoms with E-state index in [4.69, 9.17) is 4.74 Å². The van der Waals surface area contributed by atoms with Crippen molar-refractivity contribution < 1.29 is 38.9 Å². The van der Waals surface area contributed by atoms with Gasteiger partial charge in [-0.05, 0) is 129 Å². The van der Waals surface area contributed by atoms with Crippen LogP contribution in [-0.4, -0.2) is 87.9 Å². The highest BCUT2D eigenvalue weighted by atomic mass is 16.5. The summed E-state index contributed by atoms with van der Waals surface area (Å²) in [5, 5.41) is 22.4. The quantitative estimate of drug-likeness (QED) is 0.200. The Morgan fingerprint density at radius 1 is 0.917 bits per heavy atom. The zero-order valence-corrected chi connectivity index (χ0v) is 37.9. The summed E-state index contributed by atoms with van der Waals surface area (Å²) in [6, 6.07) is 9.16. The number of hydrogen-bond acceptors (Lipinski definition) is 7. The lowest BCUT2D eigenvalue weighted by Crippen LogP contribution is -2.66. The molecule has 2 N–H and O–H groups in total. The van der Waals surface area contributed by atoms with Crippen molar-refractivity contribution in [2.24, 2.45) is 56.2 Å². The average Bonchev–Trinajstić information content (AvgIpc) is 3.74. The highest BCUT2D eigenvalue weighted by Crippen LogP contribution is 2.77. The number of ketones is 1. The molecule has 0 aromatic heterocycles. The number of likely N-dealkylation sites (tertiary alicyclic amines) is 1. The summed E-state index contributed by atoms with van der Waals surface area (Å²) in [7, 11) is 0. The molecule has 60 heavy (non-hydrogen) atoms. The summed E-state index contributed by atoms with van der Waals surface area (Å²) in [6.07, 6.45) is 7.38. The molecular weight excluding hydrogens is 757 g/mol. The molecule has 4 saturated carbocycles. The predicted molar refractivity (Wildman–Crippen MR) is 230 cm³/mol. The van der Waals surface area contributed by atoms with E-state index in [1.807, 2.05) is 23.1 Å². The van der Waals surface area contributed by atoms with E-state index in [9.17, 15) is 34.2 Å². The van der Waals surface area contributed by atoms with Crippen molar-refractivity contribution in [1.29, 1.82) is 0 Å². The normalized spacial score (nSPS) is 35.4. The Morgan fingerprint density at radius 2 is 1.62 bits per heavy atom. The molecule has 10 heteroatoms. The van der Waals surface area contributed by atoms with E-state index >= 15 is 0 Å². The van der Waals surface area contributed by atoms with E-state index in [1.165, 1.54) is 0 Å². The first-order valence-electron chi connectivity index (χ1n) is 23.0. The van der Waals surface area contributed by atoms with Gasteiger partial charge in [0.05, 0.1) is 17.9 Å². The molecule has 1 aromatic carbocycles. The Balaban J connectivity index is 1.17. The number of carboxylic acids is 1. The molecule has 330 valence electrons. The Morgan fingerprint density at radius 3 is 2.25 bits per heavy atom. The van der Waals surface area contributed by atoms with Crippen molar-refractivity contribution in [3.05, 3.63) is 47.0 Å². The van der Waals surface area contributed by atoms with Crippen LogP contribution in [0.5, 0.6) is 0 Å². The largest absolute Gasteiger partial charge is 0.481 e. The van der Waals surface area contributed by atoms with Gasteiger partial charge in [-0.3, -0.25) is 24.0 Å². The van der Waals surface area contributed by atoms with Crippen LogP contribution in [0, 0.1) is 56.2 Å². The van der Waals surface area contributed by atoms with E-state index < -0.39 is 28.9 Å². The minimum absolute atomic E-state index is 0.00243. The summed E-state index contributed by atoms with van der Waals surface area (Å²) in [6.45, 7) is 20.9. The molecule has 0 radical (unpaired) electrons. The van der Waals surface area contributed by atoms with Gasteiger partial charge in [0.15, 0.2) is 5.78 Å². The number of aliphatic carboxylic acids is 1. The first kappa shape index (κ1) is 44.5. The third-order valence-corrected chi connectivity index (χ3v) is 18.0. The van der Waals surface area contributed by atoms with Crippen LogP contribution in [0.1, 0.15) is 150 Å². The molecule has 1 aliphatic heterocycles. The second kappa shape index (κ2) is 15.7. The fourth-order valence-electron chi connectivity index (χ4n) is 14.5. The molecule has 9 atom stereocenters. The Kier molecular flexibility index (Phi) is 11.6. The number of hydrogen-bond donors (Lipinski definition) is 2. The number of fused-ring (bicyclic) bond motifs is 7. The molecule has 2 amide bonds. The van der Waals surface area contributed by atoms with Crippen LogP contribution in [0.3, 0.4) is 0 Å². The maximum Gasteiger partial charge on any atom is 0.309 e. The Labute approximate surface area is 358 Å². The molecule has 1 heterocycles. The number of esters is 1. The van der Waals surface area contributed by atoms with Crippen LogP contribution in [0.4, 0.5) is 0 Å². The number of amides is 2. The van der Waals surface area contributed by atoms with Gasteiger partial charge in [0.25, 0.3) is 5.91 Å². The lowest BCUT2D eigenvalue weighted by atomic mass is 9.33. The number of allylic oxidation sites excluding steroid dienone is 1. The first-order chi connectivity index (χ1) is 28.0. The number of aliphatic hydroxyl groups is 1. The van der Waals surface area contributed by atoms with Crippen molar-refractivity contribution in [2.75, 3.05) is 26.2 Å². The van der Waals surface area contributed by atoms with E-state index in [0.717, 1.165) is 62.5 Å². The number of nitrogens with zero attached hydrogens (tertiary/aromatic N) is 2. The molecule has 6 aliphatic rings. The third-order valence-electron chi connectivity index (χ3n) is 18.0. The fourth-order valence-corrected chi connectivity index (χ4v) is 14.5. The van der Waals surface area contributed by atoms with Crippen LogP contribution in [0.25, 0.3) is 0 Å². The number of aliphatic hydroxyl groups excluding tert-OH is 1. The SMILES string of the molecule is CC(C)C1=C2[C@H]3CC[C@@H]4[C@@]5(C)CC[C@H](OC(=O)CC(C)(C)C(=O)O)C(C)(C)[C@@H]5CC[C@@]4(C)[C@]3(C)CC[C@@]2([C@H](O)CN(CCN2CCCC2=O)C(=O)c2ccccc2)CC1=O. The van der Waals surface area contributed by atoms with Gasteiger partial charge in [-0.25, -0.2) is 0 Å². The van der Waals surface area contributed by atoms with E-state index in [2.05, 4.69) is 48.5 Å². The number of Topliss-reactive ketones (excluding diaryl/α,β-unsaturated/α-hetero) is 1. The Hall–Kier alpha value is -3.53. The highest BCUT2D eigenvalue weighted by Gasteiger charge is 2.71. The lowest BCUT2D eigenvalue weighted by Gasteiger charge is -2.72. The molecule has 0 spiro atoms. The number of benzene rings is 1. The Bertz CT molecular complexity index is 1920. The third kappa shape index (κ3) is 7.06. The van der Waals surface area contributed by atoms with Gasteiger partial charge in [0.1, 0.15) is 6.10 Å². The summed E-state index contributed by atoms with van der Waals surface area (Å²) >= 11 is 0. The minimum Gasteiger partial charge on any atom is -0.481 e. The molecule has 10 nitrogen and oxygen atoms in total. The summed E-state index contributed by atoms with van der Waals surface area (Å²) in [4.78, 5) is 69.7. The predicted octanol–water partition coefficient (Wildman–Crippen LogP) is 8.51. The average molecular weight is 829 g/mol. The molecule has 1 saturated heterocycles. The topological polar surface area (TPSA) is 142 Å². The molecular formula is C50H72N2O8. The van der Waals surface area contributed by atoms with Gasteiger partial charge < -0.3 is 24.7 Å². The van der Waals surface area contributed by atoms with Gasteiger partial charge in [-0.15, -0.1) is 0 Å². The number of carbonyl (C=O) groups is 5. The van der Waals surface area contributed by atoms with Gasteiger partial charge in [0.2, 0.25) is 5.91 Å². The monoisotopic (exact) mass is 829 g/mol. The van der Waals surface area contributed by atoms with E-state index in [0.29, 0.717) is 49.9 Å². The molecule has 0 unspecified atom stereocenters. The maximum absolute atomic E-state index is 14.4. The molecule has 5 fully saturated rings. The van der Waals surface area contributed by atoms with Crippen LogP contribution < -0.4 is 0 Å². The van der Waals surface area contributed by atoms with Crippen LogP contribution in [0.2, 0.25) is 0 Å². The zero-order chi connectivity index (χ0) is 43.8. The molecule has 7 rings (SSSR count). The standard InChI is InChI=1S/C50H72N2O8/c1-31(2)41-34(53)28-50(37(54)30-52(27-26-51-25-13-16-39(51)55)43(57)32-14-11-10-12-15-32)24-23-48(8)33(42(41)50)17-18-36-47(7)21-20-38(60-40(56)29-45(3,4)44(58)59)46(5,6)35(47)19-22-49(36,48)9/h10-12,14-15,31,33,35-38,54H,13,16-30H2,1-9H3,(H,58,59)/t33-,35+,36-,37-,38+,47+,48-,49-,50+/m1/s1. The second-order valence-corrected chi connectivity index (χ2v) is 22.2. The molecule has 0 bridgehead atoms. The minimum atomic E-state index is -1.19. The van der Waals surface area contributed by atoms with Crippen LogP contribution >= 0.6 is 0 Å². The van der Waals surface area contributed by atoms with Gasteiger partial charge >= 0.3 is 11.9 Å². The van der Waals surface area contributed by atoms with E-state index in [1.54, 1.807) is 30.9 Å².